The Kier molecular flexibility index (Phi) is 5.70. The molecule has 3 nitrogen and oxygen atoms in total. The van der Waals surface area contributed by atoms with Gasteiger partial charge in [0, 0.05) is 17.4 Å². The molecule has 0 bridgehead atoms. The maximum absolute atomic E-state index is 12.1. The molecule has 0 spiro atoms. The van der Waals surface area contributed by atoms with Crippen molar-refractivity contribution in [1.29, 1.82) is 0 Å². The summed E-state index contributed by atoms with van der Waals surface area (Å²) in [5.41, 5.74) is 0.671. The molecular weight excluding hydrogens is 306 g/mol. The average molecular weight is 326 g/mol. The standard InChI is InChI=1S/C15H20BrNO2/c16-8-9-19-14-7-3-6-13(10-14)15(18)17-11-12-4-1-2-5-12/h3,6-7,10,12H,1-2,4-5,8-9,11H2,(H,17,18). The number of carbonyl (C=O) groups excluding carboxylic acids is 1. The largest absolute Gasteiger partial charge is 0.493 e. The highest BCUT2D eigenvalue weighted by molar-refractivity contribution is 9.09. The smallest absolute Gasteiger partial charge is 0.251 e. The van der Waals surface area contributed by atoms with Crippen LogP contribution in [0.2, 0.25) is 0 Å². The van der Waals surface area contributed by atoms with Crippen LogP contribution in [-0.2, 0) is 0 Å². The van der Waals surface area contributed by atoms with E-state index in [4.69, 9.17) is 4.74 Å². The number of alkyl halides is 1. The summed E-state index contributed by atoms with van der Waals surface area (Å²) in [4.78, 5) is 12.1. The molecule has 0 heterocycles. The molecular formula is C15H20BrNO2. The van der Waals surface area contributed by atoms with Gasteiger partial charge >= 0.3 is 0 Å². The minimum atomic E-state index is -0.00353. The Morgan fingerprint density at radius 2 is 2.16 bits per heavy atom. The first-order valence-corrected chi connectivity index (χ1v) is 7.99. The van der Waals surface area contributed by atoms with Gasteiger partial charge in [-0.05, 0) is 37.0 Å². The lowest BCUT2D eigenvalue weighted by molar-refractivity contribution is 0.0947. The van der Waals surface area contributed by atoms with Gasteiger partial charge in [-0.3, -0.25) is 4.79 Å². The predicted octanol–water partition coefficient (Wildman–Crippen LogP) is 3.38. The molecule has 1 aromatic carbocycles. The third kappa shape index (κ3) is 4.53. The Hall–Kier alpha value is -1.03. The van der Waals surface area contributed by atoms with Crippen molar-refractivity contribution in [3.05, 3.63) is 29.8 Å². The van der Waals surface area contributed by atoms with E-state index >= 15 is 0 Å². The van der Waals surface area contributed by atoms with E-state index in [1.165, 1.54) is 25.7 Å². The average Bonchev–Trinajstić information content (AvgIpc) is 2.96. The van der Waals surface area contributed by atoms with Crippen molar-refractivity contribution < 1.29 is 9.53 Å². The summed E-state index contributed by atoms with van der Waals surface area (Å²) in [5.74, 6) is 1.40. The molecule has 1 fully saturated rings. The minimum Gasteiger partial charge on any atom is -0.493 e. The molecule has 4 heteroatoms. The monoisotopic (exact) mass is 325 g/mol. The fraction of sp³-hybridized carbons (Fsp3) is 0.533. The summed E-state index contributed by atoms with van der Waals surface area (Å²) < 4.78 is 5.50. The van der Waals surface area contributed by atoms with Crippen LogP contribution < -0.4 is 10.1 Å². The van der Waals surface area contributed by atoms with E-state index in [-0.39, 0.29) is 5.91 Å². The number of hydrogen-bond donors (Lipinski definition) is 1. The number of rotatable bonds is 6. The van der Waals surface area contributed by atoms with E-state index in [1.807, 2.05) is 18.2 Å². The molecule has 1 aliphatic rings. The number of ether oxygens (including phenoxy) is 1. The summed E-state index contributed by atoms with van der Waals surface area (Å²) >= 11 is 3.31. The molecule has 1 aromatic rings. The van der Waals surface area contributed by atoms with Gasteiger partial charge in [0.05, 0.1) is 6.61 Å². The van der Waals surface area contributed by atoms with E-state index in [1.54, 1.807) is 6.07 Å². The number of halogens is 1. The second kappa shape index (κ2) is 7.53. The molecule has 1 aliphatic carbocycles. The molecule has 2 rings (SSSR count). The highest BCUT2D eigenvalue weighted by Crippen LogP contribution is 2.23. The third-order valence-electron chi connectivity index (χ3n) is 3.47. The van der Waals surface area contributed by atoms with Crippen molar-refractivity contribution in [2.75, 3.05) is 18.5 Å². The lowest BCUT2D eigenvalue weighted by atomic mass is 10.1. The van der Waals surface area contributed by atoms with Gasteiger partial charge in [0.15, 0.2) is 0 Å². The molecule has 0 aromatic heterocycles. The zero-order valence-corrected chi connectivity index (χ0v) is 12.6. The normalized spacial score (nSPS) is 15.4. The lowest BCUT2D eigenvalue weighted by Gasteiger charge is -2.11. The number of benzene rings is 1. The van der Waals surface area contributed by atoms with Crippen LogP contribution in [0.1, 0.15) is 36.0 Å². The Morgan fingerprint density at radius 3 is 2.89 bits per heavy atom. The SMILES string of the molecule is O=C(NCC1CCCC1)c1cccc(OCCBr)c1. The predicted molar refractivity (Wildman–Crippen MR) is 80.0 cm³/mol. The van der Waals surface area contributed by atoms with Gasteiger partial charge in [0.25, 0.3) is 5.91 Å². The number of amides is 1. The first-order chi connectivity index (χ1) is 9.29. The van der Waals surface area contributed by atoms with Gasteiger partial charge in [-0.1, -0.05) is 34.8 Å². The van der Waals surface area contributed by atoms with Crippen LogP contribution >= 0.6 is 15.9 Å². The summed E-state index contributed by atoms with van der Waals surface area (Å²) in [6, 6.07) is 7.35. The molecule has 1 saturated carbocycles. The van der Waals surface area contributed by atoms with Crippen LogP contribution in [0, 0.1) is 5.92 Å². The van der Waals surface area contributed by atoms with Crippen LogP contribution in [0.3, 0.4) is 0 Å². The summed E-state index contributed by atoms with van der Waals surface area (Å²) in [5, 5.41) is 3.80. The molecule has 104 valence electrons. The fourth-order valence-corrected chi connectivity index (χ4v) is 2.60. The summed E-state index contributed by atoms with van der Waals surface area (Å²) in [7, 11) is 0. The molecule has 0 saturated heterocycles. The molecule has 0 radical (unpaired) electrons. The number of hydrogen-bond acceptors (Lipinski definition) is 2. The van der Waals surface area contributed by atoms with Crippen molar-refractivity contribution in [3.8, 4) is 5.75 Å². The van der Waals surface area contributed by atoms with Gasteiger partial charge in [0.2, 0.25) is 0 Å². The van der Waals surface area contributed by atoms with Crippen LogP contribution in [-0.4, -0.2) is 24.4 Å². The highest BCUT2D eigenvalue weighted by Gasteiger charge is 2.16. The van der Waals surface area contributed by atoms with Gasteiger partial charge in [-0.25, -0.2) is 0 Å². The highest BCUT2D eigenvalue weighted by atomic mass is 79.9. The van der Waals surface area contributed by atoms with Crippen molar-refractivity contribution in [2.24, 2.45) is 5.92 Å². The second-order valence-electron chi connectivity index (χ2n) is 4.93. The molecule has 19 heavy (non-hydrogen) atoms. The van der Waals surface area contributed by atoms with E-state index in [2.05, 4.69) is 21.2 Å². The van der Waals surface area contributed by atoms with E-state index in [0.29, 0.717) is 18.1 Å². The second-order valence-corrected chi connectivity index (χ2v) is 5.72. The first-order valence-electron chi connectivity index (χ1n) is 6.86. The van der Waals surface area contributed by atoms with Crippen molar-refractivity contribution in [2.45, 2.75) is 25.7 Å². The third-order valence-corrected chi connectivity index (χ3v) is 3.79. The molecule has 0 unspecified atom stereocenters. The van der Waals surface area contributed by atoms with E-state index in [0.717, 1.165) is 17.6 Å². The van der Waals surface area contributed by atoms with E-state index < -0.39 is 0 Å². The van der Waals surface area contributed by atoms with Crippen LogP contribution in [0.25, 0.3) is 0 Å². The quantitative estimate of drug-likeness (QED) is 0.814. The number of nitrogens with one attached hydrogen (secondary N) is 1. The summed E-state index contributed by atoms with van der Waals surface area (Å²) in [6.07, 6.45) is 5.09. The first kappa shape index (κ1) is 14.4. The maximum atomic E-state index is 12.1. The Labute approximate surface area is 122 Å². The molecule has 0 atom stereocenters. The number of carbonyl (C=O) groups is 1. The van der Waals surface area contributed by atoms with Gasteiger partial charge in [-0.2, -0.15) is 0 Å². The Bertz CT molecular complexity index is 416. The van der Waals surface area contributed by atoms with Gasteiger partial charge in [0.1, 0.15) is 5.75 Å². The Morgan fingerprint density at radius 1 is 1.37 bits per heavy atom. The van der Waals surface area contributed by atoms with Crippen molar-refractivity contribution in [3.63, 3.8) is 0 Å². The van der Waals surface area contributed by atoms with Gasteiger partial charge in [-0.15, -0.1) is 0 Å². The van der Waals surface area contributed by atoms with E-state index in [9.17, 15) is 4.79 Å². The van der Waals surface area contributed by atoms with Crippen LogP contribution in [0.15, 0.2) is 24.3 Å². The topological polar surface area (TPSA) is 38.3 Å². The van der Waals surface area contributed by atoms with Crippen LogP contribution in [0.5, 0.6) is 5.75 Å². The van der Waals surface area contributed by atoms with Crippen molar-refractivity contribution >= 4 is 21.8 Å². The summed E-state index contributed by atoms with van der Waals surface area (Å²) in [6.45, 7) is 1.40. The molecule has 1 N–H and O–H groups in total. The van der Waals surface area contributed by atoms with Crippen LogP contribution in [0.4, 0.5) is 0 Å². The zero-order valence-electron chi connectivity index (χ0n) is 11.0. The molecule has 0 aliphatic heterocycles. The van der Waals surface area contributed by atoms with Gasteiger partial charge < -0.3 is 10.1 Å². The lowest BCUT2D eigenvalue weighted by Crippen LogP contribution is -2.28. The Balaban J connectivity index is 1.86. The van der Waals surface area contributed by atoms with Crippen molar-refractivity contribution in [1.82, 2.24) is 5.32 Å². The minimum absolute atomic E-state index is 0.00353. The maximum Gasteiger partial charge on any atom is 0.251 e. The fourth-order valence-electron chi connectivity index (χ4n) is 2.44. The zero-order chi connectivity index (χ0) is 13.5. The molecule has 1 amide bonds.